The number of urea groups is 1. The number of aryl methyl sites for hydroxylation is 1. The molecule has 9 nitrogen and oxygen atoms in total. The van der Waals surface area contributed by atoms with Crippen LogP contribution in [0.1, 0.15) is 10.4 Å². The van der Waals surface area contributed by atoms with E-state index in [1.54, 1.807) is 22.0 Å². The number of thiophene rings is 1. The van der Waals surface area contributed by atoms with Crippen molar-refractivity contribution >= 4 is 52.6 Å². The summed E-state index contributed by atoms with van der Waals surface area (Å²) in [5, 5.41) is 15.6. The monoisotopic (exact) mass is 493 g/mol. The Hall–Kier alpha value is -2.89. The van der Waals surface area contributed by atoms with E-state index in [1.165, 1.54) is 6.33 Å². The number of imide groups is 1. The SMILES string of the molecule is Cc1ccc(-n2cnnc2SCC(=O)OCC(=O)NC(=O)NCCc2cccs2)cc1Cl. The first-order chi connectivity index (χ1) is 15.4. The Balaban J connectivity index is 1.38. The number of benzene rings is 1. The van der Waals surface area contributed by atoms with E-state index in [9.17, 15) is 14.4 Å². The van der Waals surface area contributed by atoms with Gasteiger partial charge in [0.15, 0.2) is 11.8 Å². The van der Waals surface area contributed by atoms with Gasteiger partial charge in [0.25, 0.3) is 5.91 Å². The summed E-state index contributed by atoms with van der Waals surface area (Å²) in [5.74, 6) is -1.42. The summed E-state index contributed by atoms with van der Waals surface area (Å²) in [7, 11) is 0. The van der Waals surface area contributed by atoms with Crippen LogP contribution in [-0.4, -0.2) is 51.6 Å². The first kappa shape index (κ1) is 23.8. The first-order valence-corrected chi connectivity index (χ1v) is 11.7. The van der Waals surface area contributed by atoms with Gasteiger partial charge < -0.3 is 10.1 Å². The summed E-state index contributed by atoms with van der Waals surface area (Å²) in [4.78, 5) is 36.6. The molecule has 0 saturated carbocycles. The maximum Gasteiger partial charge on any atom is 0.321 e. The van der Waals surface area contributed by atoms with Gasteiger partial charge in [-0.05, 0) is 42.5 Å². The molecular formula is C20H20ClN5O4S2. The molecule has 0 radical (unpaired) electrons. The van der Waals surface area contributed by atoms with Crippen molar-refractivity contribution in [3.63, 3.8) is 0 Å². The number of thioether (sulfide) groups is 1. The molecular weight excluding hydrogens is 474 g/mol. The first-order valence-electron chi connectivity index (χ1n) is 9.47. The topological polar surface area (TPSA) is 115 Å². The molecule has 0 spiro atoms. The van der Waals surface area contributed by atoms with Crippen LogP contribution in [0.15, 0.2) is 47.2 Å². The van der Waals surface area contributed by atoms with Gasteiger partial charge in [0.05, 0.1) is 11.4 Å². The van der Waals surface area contributed by atoms with Crippen LogP contribution in [0.4, 0.5) is 4.79 Å². The molecule has 32 heavy (non-hydrogen) atoms. The van der Waals surface area contributed by atoms with Crippen LogP contribution < -0.4 is 10.6 Å². The van der Waals surface area contributed by atoms with E-state index in [-0.39, 0.29) is 5.75 Å². The average molecular weight is 494 g/mol. The zero-order valence-electron chi connectivity index (χ0n) is 17.0. The fourth-order valence-corrected chi connectivity index (χ4v) is 4.11. The van der Waals surface area contributed by atoms with Gasteiger partial charge in [-0.25, -0.2) is 4.79 Å². The molecule has 2 N–H and O–H groups in total. The Morgan fingerprint density at radius 3 is 2.88 bits per heavy atom. The molecule has 12 heteroatoms. The Kier molecular flexibility index (Phi) is 8.65. The van der Waals surface area contributed by atoms with Crippen molar-refractivity contribution in [1.29, 1.82) is 0 Å². The van der Waals surface area contributed by atoms with Gasteiger partial charge in [0.1, 0.15) is 6.33 Å². The lowest BCUT2D eigenvalue weighted by Gasteiger charge is -2.08. The lowest BCUT2D eigenvalue weighted by Crippen LogP contribution is -2.42. The number of ether oxygens (including phenoxy) is 1. The Bertz CT molecular complexity index is 1090. The summed E-state index contributed by atoms with van der Waals surface area (Å²) in [6, 6.07) is 8.77. The van der Waals surface area contributed by atoms with Crippen LogP contribution in [0.2, 0.25) is 5.02 Å². The van der Waals surface area contributed by atoms with Crippen molar-refractivity contribution in [3.8, 4) is 5.69 Å². The number of halogens is 1. The van der Waals surface area contributed by atoms with Gasteiger partial charge in [-0.1, -0.05) is 35.5 Å². The maximum atomic E-state index is 12.0. The number of carbonyl (C=O) groups is 3. The summed E-state index contributed by atoms with van der Waals surface area (Å²) in [6.07, 6.45) is 2.18. The molecule has 3 amide bonds. The van der Waals surface area contributed by atoms with Gasteiger partial charge >= 0.3 is 12.0 Å². The number of nitrogens with one attached hydrogen (secondary N) is 2. The lowest BCUT2D eigenvalue weighted by atomic mass is 10.2. The van der Waals surface area contributed by atoms with E-state index in [2.05, 4.69) is 20.8 Å². The minimum absolute atomic E-state index is 0.0847. The number of esters is 1. The summed E-state index contributed by atoms with van der Waals surface area (Å²) < 4.78 is 6.61. The van der Waals surface area contributed by atoms with Crippen LogP contribution in [-0.2, 0) is 20.7 Å². The molecule has 2 aromatic heterocycles. The molecule has 0 fully saturated rings. The molecule has 0 aliphatic carbocycles. The van der Waals surface area contributed by atoms with Crippen LogP contribution in [0.3, 0.4) is 0 Å². The second-order valence-corrected chi connectivity index (χ2v) is 8.88. The highest BCUT2D eigenvalue weighted by Gasteiger charge is 2.14. The van der Waals surface area contributed by atoms with Gasteiger partial charge in [-0.2, -0.15) is 0 Å². The fourth-order valence-electron chi connectivity index (χ4n) is 2.50. The van der Waals surface area contributed by atoms with Gasteiger partial charge in [0.2, 0.25) is 0 Å². The van der Waals surface area contributed by atoms with E-state index >= 15 is 0 Å². The lowest BCUT2D eigenvalue weighted by molar-refractivity contribution is -0.145. The normalized spacial score (nSPS) is 10.6. The van der Waals surface area contributed by atoms with Crippen molar-refractivity contribution < 1.29 is 19.1 Å². The quantitative estimate of drug-likeness (QED) is 0.347. The largest absolute Gasteiger partial charge is 0.455 e. The van der Waals surface area contributed by atoms with Crippen molar-refractivity contribution in [2.75, 3.05) is 18.9 Å². The standard InChI is InChI=1S/C20H20ClN5O4S2/c1-13-4-5-14(9-16(13)21)26-12-23-25-20(26)32-11-18(28)30-10-17(27)24-19(29)22-7-6-15-3-2-8-31-15/h2-5,8-9,12H,6-7,10-11H2,1H3,(H2,22,24,27,29). The molecule has 0 aliphatic rings. The second kappa shape index (κ2) is 11.7. The smallest absolute Gasteiger partial charge is 0.321 e. The molecule has 168 valence electrons. The predicted octanol–water partition coefficient (Wildman–Crippen LogP) is 2.99. The highest BCUT2D eigenvalue weighted by molar-refractivity contribution is 7.99. The minimum atomic E-state index is -0.713. The number of rotatable bonds is 9. The Labute approximate surface area is 197 Å². The van der Waals surface area contributed by atoms with Gasteiger partial charge in [0, 0.05) is 16.4 Å². The third kappa shape index (κ3) is 7.08. The average Bonchev–Trinajstić information content (AvgIpc) is 3.45. The van der Waals surface area contributed by atoms with Crippen LogP contribution in [0.25, 0.3) is 5.69 Å². The van der Waals surface area contributed by atoms with Crippen molar-refractivity contribution in [2.24, 2.45) is 0 Å². The van der Waals surface area contributed by atoms with E-state index in [4.69, 9.17) is 16.3 Å². The molecule has 0 atom stereocenters. The molecule has 0 unspecified atom stereocenters. The second-order valence-electron chi connectivity index (χ2n) is 6.50. The Morgan fingerprint density at radius 2 is 2.12 bits per heavy atom. The van der Waals surface area contributed by atoms with Crippen molar-refractivity contribution in [3.05, 3.63) is 57.5 Å². The molecule has 3 rings (SSSR count). The number of hydrogen-bond acceptors (Lipinski definition) is 8. The highest BCUT2D eigenvalue weighted by atomic mass is 35.5. The number of nitrogens with zero attached hydrogens (tertiary/aromatic N) is 3. The van der Waals surface area contributed by atoms with Crippen molar-refractivity contribution in [1.82, 2.24) is 25.4 Å². The third-order valence-electron chi connectivity index (χ3n) is 4.12. The molecule has 0 saturated heterocycles. The van der Waals surface area contributed by atoms with E-state index in [0.717, 1.165) is 27.9 Å². The highest BCUT2D eigenvalue weighted by Crippen LogP contribution is 2.23. The zero-order valence-corrected chi connectivity index (χ0v) is 19.4. The van der Waals surface area contributed by atoms with Gasteiger partial charge in [-0.3, -0.25) is 19.5 Å². The summed E-state index contributed by atoms with van der Waals surface area (Å²) in [6.45, 7) is 1.73. The third-order valence-corrected chi connectivity index (χ3v) is 6.38. The molecule has 0 bridgehead atoms. The zero-order chi connectivity index (χ0) is 22.9. The van der Waals surface area contributed by atoms with Crippen molar-refractivity contribution in [2.45, 2.75) is 18.5 Å². The Morgan fingerprint density at radius 1 is 1.28 bits per heavy atom. The van der Waals surface area contributed by atoms with Gasteiger partial charge in [-0.15, -0.1) is 21.5 Å². The van der Waals surface area contributed by atoms with Crippen LogP contribution >= 0.6 is 34.7 Å². The maximum absolute atomic E-state index is 12.0. The van der Waals surface area contributed by atoms with E-state index in [1.807, 2.05) is 36.6 Å². The van der Waals surface area contributed by atoms with Crippen LogP contribution in [0.5, 0.6) is 0 Å². The molecule has 3 aromatic rings. The van der Waals surface area contributed by atoms with E-state index < -0.39 is 24.5 Å². The summed E-state index contributed by atoms with van der Waals surface area (Å²) in [5.41, 5.74) is 1.70. The fraction of sp³-hybridized carbons (Fsp3) is 0.250. The predicted molar refractivity (Wildman–Crippen MR) is 122 cm³/mol. The minimum Gasteiger partial charge on any atom is -0.455 e. The summed E-state index contributed by atoms with van der Waals surface area (Å²) >= 11 is 8.86. The molecule has 0 aliphatic heterocycles. The molecule has 2 heterocycles. The van der Waals surface area contributed by atoms with E-state index in [0.29, 0.717) is 23.1 Å². The number of aromatic nitrogens is 3. The number of hydrogen-bond donors (Lipinski definition) is 2. The number of amides is 3. The molecule has 1 aromatic carbocycles. The van der Waals surface area contributed by atoms with Crippen LogP contribution in [0, 0.1) is 6.92 Å². The number of carbonyl (C=O) groups excluding carboxylic acids is 3.